The number of carbonyl (C=O) groups excluding carboxylic acids is 2. The van der Waals surface area contributed by atoms with Gasteiger partial charge in [-0.05, 0) is 24.3 Å². The first kappa shape index (κ1) is 15.4. The quantitative estimate of drug-likeness (QED) is 0.480. The summed E-state index contributed by atoms with van der Waals surface area (Å²) in [7, 11) is 2.41. The molecule has 0 saturated carbocycles. The van der Waals surface area contributed by atoms with Gasteiger partial charge < -0.3 is 18.8 Å². The number of carbonyl (C=O) groups is 2. The summed E-state index contributed by atoms with van der Waals surface area (Å²) in [6, 6.07) is 10.8. The number of aromatic nitrogens is 1. The smallest absolute Gasteiger partial charge is 0.374 e. The molecule has 0 atom stereocenters. The second-order valence-electron chi connectivity index (χ2n) is 4.18. The van der Waals surface area contributed by atoms with Crippen molar-refractivity contribution in [3.63, 3.8) is 0 Å². The van der Waals surface area contributed by atoms with Crippen LogP contribution in [-0.2, 0) is 19.1 Å². The van der Waals surface area contributed by atoms with Gasteiger partial charge >= 0.3 is 11.9 Å². The fourth-order valence-corrected chi connectivity index (χ4v) is 1.77. The lowest BCUT2D eigenvalue weighted by atomic mass is 10.3. The number of para-hydroxylation sites is 2. The Bertz CT molecular complexity index is 688. The van der Waals surface area contributed by atoms with Crippen LogP contribution in [0, 0.1) is 0 Å². The van der Waals surface area contributed by atoms with Gasteiger partial charge in [-0.15, -0.1) is 0 Å². The van der Waals surface area contributed by atoms with Crippen LogP contribution in [0.1, 0.15) is 0 Å². The molecule has 22 heavy (non-hydrogen) atoms. The molecule has 0 amide bonds. The van der Waals surface area contributed by atoms with Gasteiger partial charge in [0.15, 0.2) is 5.75 Å². The van der Waals surface area contributed by atoms with Gasteiger partial charge in [0, 0.05) is 12.4 Å². The van der Waals surface area contributed by atoms with Crippen LogP contribution < -0.4 is 4.74 Å². The molecule has 1 aromatic heterocycles. The highest BCUT2D eigenvalue weighted by Crippen LogP contribution is 2.24. The third kappa shape index (κ3) is 3.54. The molecule has 2 rings (SSSR count). The van der Waals surface area contributed by atoms with Crippen molar-refractivity contribution in [2.45, 2.75) is 0 Å². The molecule has 0 saturated heterocycles. The third-order valence-electron chi connectivity index (χ3n) is 2.80. The van der Waals surface area contributed by atoms with Gasteiger partial charge in [0.05, 0.1) is 26.0 Å². The maximum Gasteiger partial charge on any atom is 0.374 e. The van der Waals surface area contributed by atoms with E-state index in [-0.39, 0.29) is 5.76 Å². The Balaban J connectivity index is 2.37. The molecular weight excluding hydrogens is 286 g/mol. The molecular formula is C16H15NO5. The predicted molar refractivity (Wildman–Crippen MR) is 78.5 cm³/mol. The maximum atomic E-state index is 11.7. The number of benzene rings is 1. The lowest BCUT2D eigenvalue weighted by molar-refractivity contribution is -0.140. The number of nitrogens with zero attached hydrogens (tertiary/aromatic N) is 1. The normalized spacial score (nSPS) is 10.9. The van der Waals surface area contributed by atoms with Crippen molar-refractivity contribution in [2.75, 3.05) is 14.2 Å². The monoisotopic (exact) mass is 301 g/mol. The molecule has 0 N–H and O–H groups in total. The minimum absolute atomic E-state index is 0.256. The van der Waals surface area contributed by atoms with Crippen molar-refractivity contribution in [3.8, 4) is 11.4 Å². The molecule has 0 aliphatic rings. The molecule has 0 spiro atoms. The highest BCUT2D eigenvalue weighted by molar-refractivity contribution is 5.95. The van der Waals surface area contributed by atoms with E-state index in [1.807, 2.05) is 41.2 Å². The third-order valence-corrected chi connectivity index (χ3v) is 2.80. The number of methoxy groups -OCH3 is 2. The lowest BCUT2D eigenvalue weighted by Gasteiger charge is -2.13. The van der Waals surface area contributed by atoms with Crippen molar-refractivity contribution in [1.82, 2.24) is 4.57 Å². The fourth-order valence-electron chi connectivity index (χ4n) is 1.77. The summed E-state index contributed by atoms with van der Waals surface area (Å²) < 4.78 is 16.5. The van der Waals surface area contributed by atoms with Crippen LogP contribution in [0.5, 0.6) is 5.75 Å². The van der Waals surface area contributed by atoms with Crippen molar-refractivity contribution in [1.29, 1.82) is 0 Å². The minimum Gasteiger partial charge on any atom is -0.466 e. The first-order valence-corrected chi connectivity index (χ1v) is 6.44. The summed E-state index contributed by atoms with van der Waals surface area (Å²) in [5.41, 5.74) is 0.715. The van der Waals surface area contributed by atoms with Crippen molar-refractivity contribution in [2.24, 2.45) is 0 Å². The molecule has 0 bridgehead atoms. The van der Waals surface area contributed by atoms with Gasteiger partial charge in [-0.1, -0.05) is 12.1 Å². The van der Waals surface area contributed by atoms with Crippen LogP contribution in [0.25, 0.3) is 5.69 Å². The first-order valence-electron chi connectivity index (χ1n) is 6.44. The Morgan fingerprint density at radius 2 is 1.68 bits per heavy atom. The van der Waals surface area contributed by atoms with Gasteiger partial charge in [0.1, 0.15) is 0 Å². The number of hydrogen-bond acceptors (Lipinski definition) is 5. The number of ether oxygens (including phenoxy) is 3. The van der Waals surface area contributed by atoms with Crippen LogP contribution >= 0.6 is 0 Å². The molecule has 2 aromatic rings. The van der Waals surface area contributed by atoms with Gasteiger partial charge in [0.25, 0.3) is 0 Å². The molecule has 0 aliphatic heterocycles. The fraction of sp³-hybridized carbons (Fsp3) is 0.125. The summed E-state index contributed by atoms with van der Waals surface area (Å²) in [5.74, 6) is -1.33. The highest BCUT2D eigenvalue weighted by Gasteiger charge is 2.17. The molecule has 114 valence electrons. The van der Waals surface area contributed by atoms with Crippen molar-refractivity contribution >= 4 is 11.9 Å². The number of rotatable bonds is 5. The van der Waals surface area contributed by atoms with Crippen LogP contribution in [-0.4, -0.2) is 30.7 Å². The first-order chi connectivity index (χ1) is 10.7. The van der Waals surface area contributed by atoms with E-state index in [2.05, 4.69) is 9.47 Å². The molecule has 6 nitrogen and oxygen atoms in total. The summed E-state index contributed by atoms with van der Waals surface area (Å²) in [4.78, 5) is 23.1. The maximum absolute atomic E-state index is 11.7. The molecule has 0 unspecified atom stereocenters. The molecule has 6 heteroatoms. The Kier molecular flexibility index (Phi) is 4.98. The van der Waals surface area contributed by atoms with Gasteiger partial charge in [-0.25, -0.2) is 9.59 Å². The van der Waals surface area contributed by atoms with Crippen LogP contribution in [0.4, 0.5) is 0 Å². The molecule has 1 heterocycles. The zero-order chi connectivity index (χ0) is 15.9. The lowest BCUT2D eigenvalue weighted by Crippen LogP contribution is -2.14. The Morgan fingerprint density at radius 1 is 1.00 bits per heavy atom. The topological polar surface area (TPSA) is 66.8 Å². The second kappa shape index (κ2) is 7.12. The molecule has 0 fully saturated rings. The zero-order valence-corrected chi connectivity index (χ0v) is 12.2. The SMILES string of the molecule is COC(=O)/C=C(/Oc1ccccc1-n1cccc1)C(=O)OC. The Hall–Kier alpha value is -3.02. The van der Waals surface area contributed by atoms with E-state index in [1.165, 1.54) is 14.2 Å². The summed E-state index contributed by atoms with van der Waals surface area (Å²) in [6.07, 6.45) is 4.62. The van der Waals surface area contributed by atoms with E-state index in [0.29, 0.717) is 11.4 Å². The van der Waals surface area contributed by atoms with Gasteiger partial charge in [0.2, 0.25) is 5.76 Å². The predicted octanol–water partition coefficient (Wildman–Crippen LogP) is 2.09. The van der Waals surface area contributed by atoms with Gasteiger partial charge in [-0.2, -0.15) is 0 Å². The molecule has 0 aliphatic carbocycles. The highest BCUT2D eigenvalue weighted by atomic mass is 16.6. The summed E-state index contributed by atoms with van der Waals surface area (Å²) in [5, 5.41) is 0. The van der Waals surface area contributed by atoms with Crippen molar-refractivity contribution in [3.05, 3.63) is 60.6 Å². The zero-order valence-electron chi connectivity index (χ0n) is 12.2. The molecule has 0 radical (unpaired) electrons. The van der Waals surface area contributed by atoms with E-state index in [0.717, 1.165) is 6.08 Å². The van der Waals surface area contributed by atoms with E-state index < -0.39 is 11.9 Å². The van der Waals surface area contributed by atoms with Crippen molar-refractivity contribution < 1.29 is 23.8 Å². The Labute approximate surface area is 127 Å². The minimum atomic E-state index is -0.771. The van der Waals surface area contributed by atoms with E-state index in [4.69, 9.17) is 4.74 Å². The van der Waals surface area contributed by atoms with E-state index in [9.17, 15) is 9.59 Å². The second-order valence-corrected chi connectivity index (χ2v) is 4.18. The Morgan fingerprint density at radius 3 is 2.32 bits per heavy atom. The average Bonchev–Trinajstić information content (AvgIpc) is 3.08. The summed E-state index contributed by atoms with van der Waals surface area (Å²) >= 11 is 0. The van der Waals surface area contributed by atoms with Crippen LogP contribution in [0.2, 0.25) is 0 Å². The van der Waals surface area contributed by atoms with Crippen LogP contribution in [0.15, 0.2) is 60.6 Å². The standard InChI is InChI=1S/C16H15NO5/c1-20-15(18)11-14(16(19)21-2)22-13-8-4-3-7-12(13)17-9-5-6-10-17/h3-11H,1-2H3/b14-11+. The number of esters is 2. The van der Waals surface area contributed by atoms with Crippen LogP contribution in [0.3, 0.4) is 0 Å². The molecule has 1 aromatic carbocycles. The largest absolute Gasteiger partial charge is 0.466 e. The van der Waals surface area contributed by atoms with E-state index >= 15 is 0 Å². The summed E-state index contributed by atoms with van der Waals surface area (Å²) in [6.45, 7) is 0. The van der Waals surface area contributed by atoms with Gasteiger partial charge in [-0.3, -0.25) is 0 Å². The number of hydrogen-bond donors (Lipinski definition) is 0. The van der Waals surface area contributed by atoms with E-state index in [1.54, 1.807) is 12.1 Å². The average molecular weight is 301 g/mol.